The molecule has 1 heterocycles. The van der Waals surface area contributed by atoms with Crippen LogP contribution in [0.2, 0.25) is 0 Å². The first-order chi connectivity index (χ1) is 9.35. The van der Waals surface area contributed by atoms with Crippen LogP contribution in [-0.4, -0.2) is 44.5 Å². The highest BCUT2D eigenvalue weighted by Gasteiger charge is 2.32. The molecule has 7 nitrogen and oxygen atoms in total. The van der Waals surface area contributed by atoms with Crippen molar-refractivity contribution in [2.75, 3.05) is 24.1 Å². The quantitative estimate of drug-likeness (QED) is 0.744. The molecule has 0 radical (unpaired) electrons. The lowest BCUT2D eigenvalue weighted by atomic mass is 10.1. The number of nitrogens with zero attached hydrogens (tertiary/aromatic N) is 1. The van der Waals surface area contributed by atoms with Crippen LogP contribution in [0.5, 0.6) is 0 Å². The Balaban J connectivity index is 2.26. The van der Waals surface area contributed by atoms with E-state index in [0.29, 0.717) is 6.42 Å². The van der Waals surface area contributed by atoms with Crippen molar-refractivity contribution in [2.45, 2.75) is 6.42 Å². The minimum Gasteiger partial charge on any atom is -0.330 e. The predicted molar refractivity (Wildman–Crippen MR) is 73.9 cm³/mol. The van der Waals surface area contributed by atoms with Gasteiger partial charge in [-0.25, -0.2) is 8.42 Å². The summed E-state index contributed by atoms with van der Waals surface area (Å²) >= 11 is 0. The van der Waals surface area contributed by atoms with Crippen LogP contribution >= 0.6 is 0 Å². The maximum Gasteiger partial charge on any atom is 0.261 e. The average molecular weight is 297 g/mol. The van der Waals surface area contributed by atoms with Crippen molar-refractivity contribution in [3.05, 3.63) is 29.3 Å². The number of nitrogens with two attached hydrogens (primary N) is 1. The van der Waals surface area contributed by atoms with Crippen LogP contribution in [0.1, 0.15) is 27.1 Å². The van der Waals surface area contributed by atoms with E-state index in [1.54, 1.807) is 0 Å². The van der Waals surface area contributed by atoms with E-state index in [1.165, 1.54) is 25.2 Å². The lowest BCUT2D eigenvalue weighted by Gasteiger charge is -2.08. The number of amides is 2. The molecule has 2 amide bonds. The highest BCUT2D eigenvalue weighted by atomic mass is 32.2. The van der Waals surface area contributed by atoms with E-state index in [-0.39, 0.29) is 35.0 Å². The van der Waals surface area contributed by atoms with E-state index in [2.05, 4.69) is 4.72 Å². The van der Waals surface area contributed by atoms with E-state index in [4.69, 9.17) is 5.73 Å². The van der Waals surface area contributed by atoms with Crippen molar-refractivity contribution in [1.29, 1.82) is 0 Å². The molecule has 1 aliphatic heterocycles. The molecule has 2 rings (SSSR count). The molecule has 1 aromatic carbocycles. The minimum atomic E-state index is -3.50. The third-order valence-corrected chi connectivity index (χ3v) is 4.35. The first-order valence-corrected chi connectivity index (χ1v) is 7.68. The Morgan fingerprint density at radius 3 is 2.50 bits per heavy atom. The molecule has 0 aliphatic carbocycles. The number of rotatable bonds is 5. The maximum absolute atomic E-state index is 11.8. The van der Waals surface area contributed by atoms with Gasteiger partial charge in [0.15, 0.2) is 0 Å². The Bertz CT molecular complexity index is 669. The van der Waals surface area contributed by atoms with Crippen LogP contribution in [0.15, 0.2) is 18.2 Å². The van der Waals surface area contributed by atoms with Crippen molar-refractivity contribution in [1.82, 2.24) is 4.90 Å². The van der Waals surface area contributed by atoms with Crippen LogP contribution in [-0.2, 0) is 10.0 Å². The van der Waals surface area contributed by atoms with Crippen molar-refractivity contribution < 1.29 is 18.0 Å². The molecular formula is C12H15N3O4S. The van der Waals surface area contributed by atoms with Crippen molar-refractivity contribution >= 4 is 27.5 Å². The zero-order valence-electron chi connectivity index (χ0n) is 10.9. The summed E-state index contributed by atoms with van der Waals surface area (Å²) < 4.78 is 25.8. The molecule has 0 fully saturated rings. The number of carbonyl (C=O) groups is 2. The molecule has 108 valence electrons. The van der Waals surface area contributed by atoms with Gasteiger partial charge in [0, 0.05) is 12.7 Å². The van der Waals surface area contributed by atoms with Gasteiger partial charge in [0.1, 0.15) is 0 Å². The second kappa shape index (κ2) is 5.22. The van der Waals surface area contributed by atoms with E-state index >= 15 is 0 Å². The lowest BCUT2D eigenvalue weighted by molar-refractivity contribution is 0.0693. The van der Waals surface area contributed by atoms with Gasteiger partial charge in [-0.15, -0.1) is 0 Å². The van der Waals surface area contributed by atoms with Gasteiger partial charge in [-0.3, -0.25) is 19.2 Å². The number of hydrogen-bond donors (Lipinski definition) is 2. The molecule has 8 heteroatoms. The summed E-state index contributed by atoms with van der Waals surface area (Å²) in [5.74, 6) is -0.913. The van der Waals surface area contributed by atoms with Crippen LogP contribution in [0.4, 0.5) is 5.69 Å². The second-order valence-electron chi connectivity index (χ2n) is 4.49. The minimum absolute atomic E-state index is 0.0899. The molecule has 0 spiro atoms. The van der Waals surface area contributed by atoms with Gasteiger partial charge in [0.25, 0.3) is 11.8 Å². The summed E-state index contributed by atoms with van der Waals surface area (Å²) in [6.07, 6.45) is 0.348. The van der Waals surface area contributed by atoms with Crippen molar-refractivity contribution in [3.63, 3.8) is 0 Å². The summed E-state index contributed by atoms with van der Waals surface area (Å²) in [5.41, 5.74) is 6.02. The molecular weight excluding hydrogens is 282 g/mol. The average Bonchev–Trinajstić information content (AvgIpc) is 2.61. The molecule has 1 aliphatic rings. The number of benzene rings is 1. The Kier molecular flexibility index (Phi) is 3.78. The Morgan fingerprint density at radius 2 is 1.85 bits per heavy atom. The van der Waals surface area contributed by atoms with E-state index < -0.39 is 15.9 Å². The normalized spacial score (nSPS) is 14.6. The summed E-state index contributed by atoms with van der Waals surface area (Å²) in [7, 11) is -2.11. The Hall–Kier alpha value is -1.93. The molecule has 0 aromatic heterocycles. The molecule has 0 unspecified atom stereocenters. The third kappa shape index (κ3) is 2.66. The van der Waals surface area contributed by atoms with Gasteiger partial charge >= 0.3 is 0 Å². The molecule has 20 heavy (non-hydrogen) atoms. The van der Waals surface area contributed by atoms with Gasteiger partial charge in [-0.1, -0.05) is 0 Å². The Labute approximate surface area is 116 Å². The highest BCUT2D eigenvalue weighted by Crippen LogP contribution is 2.25. The standard InChI is InChI=1S/C12H15N3O4S/c1-15-11(16)9-4-3-8(7-10(9)12(15)17)14-20(18,19)6-2-5-13/h3-4,7,14H,2,5-6,13H2,1H3. The molecule has 0 atom stereocenters. The number of hydrogen-bond acceptors (Lipinski definition) is 5. The topological polar surface area (TPSA) is 110 Å². The molecule has 1 aromatic rings. The summed E-state index contributed by atoms with van der Waals surface area (Å²) in [6.45, 7) is 0.281. The SMILES string of the molecule is CN1C(=O)c2ccc(NS(=O)(=O)CCCN)cc2C1=O. The second-order valence-corrected chi connectivity index (χ2v) is 6.33. The lowest BCUT2D eigenvalue weighted by Crippen LogP contribution is -2.24. The fraction of sp³-hybridized carbons (Fsp3) is 0.333. The van der Waals surface area contributed by atoms with E-state index in [9.17, 15) is 18.0 Å². The van der Waals surface area contributed by atoms with Crippen LogP contribution < -0.4 is 10.5 Å². The molecule has 0 saturated heterocycles. The zero-order valence-corrected chi connectivity index (χ0v) is 11.7. The number of carbonyl (C=O) groups excluding carboxylic acids is 2. The summed E-state index contributed by atoms with van der Waals surface area (Å²) in [6, 6.07) is 4.28. The van der Waals surface area contributed by atoms with Crippen LogP contribution in [0.25, 0.3) is 0 Å². The van der Waals surface area contributed by atoms with Crippen LogP contribution in [0, 0.1) is 0 Å². The van der Waals surface area contributed by atoms with Crippen LogP contribution in [0.3, 0.4) is 0 Å². The number of sulfonamides is 1. The number of imide groups is 1. The van der Waals surface area contributed by atoms with Gasteiger partial charge in [0.2, 0.25) is 10.0 Å². The van der Waals surface area contributed by atoms with Gasteiger partial charge in [-0.05, 0) is 31.2 Å². The van der Waals surface area contributed by atoms with Gasteiger partial charge in [-0.2, -0.15) is 0 Å². The smallest absolute Gasteiger partial charge is 0.261 e. The van der Waals surface area contributed by atoms with Gasteiger partial charge in [0.05, 0.1) is 16.9 Å². The third-order valence-electron chi connectivity index (χ3n) is 2.98. The number of nitrogens with one attached hydrogen (secondary N) is 1. The fourth-order valence-corrected chi connectivity index (χ4v) is 3.06. The predicted octanol–water partition coefficient (Wildman–Crippen LogP) is 0.00290. The number of fused-ring (bicyclic) bond motifs is 1. The highest BCUT2D eigenvalue weighted by molar-refractivity contribution is 7.92. The van der Waals surface area contributed by atoms with Gasteiger partial charge < -0.3 is 5.73 Å². The van der Waals surface area contributed by atoms with Crippen molar-refractivity contribution in [2.24, 2.45) is 5.73 Å². The maximum atomic E-state index is 11.8. The molecule has 0 saturated carbocycles. The van der Waals surface area contributed by atoms with E-state index in [0.717, 1.165) is 4.90 Å². The molecule has 0 bridgehead atoms. The first kappa shape index (κ1) is 14.5. The van der Waals surface area contributed by atoms with E-state index in [1.807, 2.05) is 0 Å². The monoisotopic (exact) mass is 297 g/mol. The summed E-state index contributed by atoms with van der Waals surface area (Å²) in [5, 5.41) is 0. The van der Waals surface area contributed by atoms with Crippen molar-refractivity contribution in [3.8, 4) is 0 Å². The Morgan fingerprint density at radius 1 is 1.20 bits per heavy atom. The first-order valence-electron chi connectivity index (χ1n) is 6.03. The fourth-order valence-electron chi connectivity index (χ4n) is 1.93. The molecule has 3 N–H and O–H groups in total. The largest absolute Gasteiger partial charge is 0.330 e. The summed E-state index contributed by atoms with van der Waals surface area (Å²) in [4.78, 5) is 24.5. The number of anilines is 1. The zero-order chi connectivity index (χ0) is 14.9.